The lowest BCUT2D eigenvalue weighted by molar-refractivity contribution is 0.102. The minimum absolute atomic E-state index is 0.158. The summed E-state index contributed by atoms with van der Waals surface area (Å²) in [6.07, 6.45) is 4.84. The number of rotatable bonds is 5. The molecule has 5 nitrogen and oxygen atoms in total. The number of nitrogens with zero attached hydrogens (tertiary/aromatic N) is 2. The van der Waals surface area contributed by atoms with E-state index < -0.39 is 0 Å². The maximum absolute atomic E-state index is 12.1. The first-order valence-electron chi connectivity index (χ1n) is 7.36. The van der Waals surface area contributed by atoms with Gasteiger partial charge in [-0.3, -0.25) is 9.78 Å². The molecule has 120 valence electrons. The zero-order valence-electron chi connectivity index (χ0n) is 12.7. The molecule has 0 aliphatic heterocycles. The summed E-state index contributed by atoms with van der Waals surface area (Å²) >= 11 is 5.85. The Labute approximate surface area is 144 Å². The highest BCUT2D eigenvalue weighted by Crippen LogP contribution is 2.15. The summed E-state index contributed by atoms with van der Waals surface area (Å²) in [6, 6.07) is 14.6. The van der Waals surface area contributed by atoms with Gasteiger partial charge in [0.1, 0.15) is 5.15 Å². The van der Waals surface area contributed by atoms with Gasteiger partial charge in [0.2, 0.25) is 0 Å². The molecule has 0 aliphatic carbocycles. The predicted molar refractivity (Wildman–Crippen MR) is 95.2 cm³/mol. The average molecular weight is 339 g/mol. The van der Waals surface area contributed by atoms with Gasteiger partial charge in [0, 0.05) is 42.1 Å². The lowest BCUT2D eigenvalue weighted by Gasteiger charge is -2.08. The average Bonchev–Trinajstić information content (AvgIpc) is 2.62. The van der Waals surface area contributed by atoms with Crippen molar-refractivity contribution in [2.75, 3.05) is 10.6 Å². The molecule has 0 spiro atoms. The largest absolute Gasteiger partial charge is 0.381 e. The van der Waals surface area contributed by atoms with Gasteiger partial charge in [-0.25, -0.2) is 4.98 Å². The molecule has 6 heteroatoms. The smallest absolute Gasteiger partial charge is 0.255 e. The summed E-state index contributed by atoms with van der Waals surface area (Å²) in [5.41, 5.74) is 3.31. The van der Waals surface area contributed by atoms with Gasteiger partial charge < -0.3 is 10.6 Å². The number of anilines is 2. The van der Waals surface area contributed by atoms with E-state index in [0.29, 0.717) is 17.3 Å². The van der Waals surface area contributed by atoms with Crippen LogP contribution in [0.1, 0.15) is 15.9 Å². The number of nitrogens with one attached hydrogen (secondary N) is 2. The first kappa shape index (κ1) is 16.0. The van der Waals surface area contributed by atoms with Crippen molar-refractivity contribution in [3.8, 4) is 0 Å². The van der Waals surface area contributed by atoms with Crippen LogP contribution in [0, 0.1) is 0 Å². The molecule has 2 N–H and O–H groups in total. The molecule has 1 amide bonds. The predicted octanol–water partition coefficient (Wildman–Crippen LogP) is 3.99. The van der Waals surface area contributed by atoms with Gasteiger partial charge >= 0.3 is 0 Å². The molecule has 24 heavy (non-hydrogen) atoms. The van der Waals surface area contributed by atoms with E-state index in [1.165, 1.54) is 0 Å². The second-order valence-electron chi connectivity index (χ2n) is 5.11. The third-order valence-electron chi connectivity index (χ3n) is 3.38. The molecule has 2 aromatic heterocycles. The van der Waals surface area contributed by atoms with Crippen molar-refractivity contribution in [2.24, 2.45) is 0 Å². The van der Waals surface area contributed by atoms with Gasteiger partial charge in [0.15, 0.2) is 0 Å². The van der Waals surface area contributed by atoms with E-state index in [1.807, 2.05) is 30.3 Å². The number of halogens is 1. The van der Waals surface area contributed by atoms with Gasteiger partial charge in [-0.2, -0.15) is 0 Å². The number of amides is 1. The topological polar surface area (TPSA) is 66.9 Å². The number of hydrogen-bond donors (Lipinski definition) is 2. The van der Waals surface area contributed by atoms with Crippen molar-refractivity contribution in [1.82, 2.24) is 9.97 Å². The van der Waals surface area contributed by atoms with Crippen LogP contribution in [0.4, 0.5) is 11.4 Å². The fourth-order valence-corrected chi connectivity index (χ4v) is 2.30. The van der Waals surface area contributed by atoms with Crippen LogP contribution in [0.3, 0.4) is 0 Å². The molecule has 3 aromatic rings. The molecule has 0 saturated heterocycles. The van der Waals surface area contributed by atoms with Crippen LogP contribution in [-0.4, -0.2) is 15.9 Å². The molecule has 0 saturated carbocycles. The third kappa shape index (κ3) is 4.30. The standard InChI is InChI=1S/C18H15ClN4O/c19-17-11-16(7-10-21-17)22-12-13-1-3-15(4-2-13)23-18(24)14-5-8-20-9-6-14/h1-11H,12H2,(H,21,22)(H,23,24). The zero-order chi connectivity index (χ0) is 16.8. The van der Waals surface area contributed by atoms with Crippen molar-refractivity contribution >= 4 is 28.9 Å². The molecule has 1 aromatic carbocycles. The Morgan fingerprint density at radius 1 is 0.958 bits per heavy atom. The van der Waals surface area contributed by atoms with Crippen LogP contribution in [0.5, 0.6) is 0 Å². The van der Waals surface area contributed by atoms with E-state index in [0.717, 1.165) is 16.9 Å². The van der Waals surface area contributed by atoms with E-state index in [9.17, 15) is 4.79 Å². The second kappa shape index (κ2) is 7.57. The lowest BCUT2D eigenvalue weighted by Crippen LogP contribution is -2.11. The molecule has 0 radical (unpaired) electrons. The van der Waals surface area contributed by atoms with Crippen LogP contribution in [0.25, 0.3) is 0 Å². The maximum Gasteiger partial charge on any atom is 0.255 e. The zero-order valence-corrected chi connectivity index (χ0v) is 13.5. The molecular formula is C18H15ClN4O. The number of benzene rings is 1. The number of aromatic nitrogens is 2. The fraction of sp³-hybridized carbons (Fsp3) is 0.0556. The highest BCUT2D eigenvalue weighted by molar-refractivity contribution is 6.29. The van der Waals surface area contributed by atoms with E-state index >= 15 is 0 Å². The Bertz CT molecular complexity index is 822. The fourth-order valence-electron chi connectivity index (χ4n) is 2.13. The van der Waals surface area contributed by atoms with Gasteiger partial charge in [-0.15, -0.1) is 0 Å². The van der Waals surface area contributed by atoms with Gasteiger partial charge in [-0.05, 0) is 42.0 Å². The van der Waals surface area contributed by atoms with Crippen molar-refractivity contribution in [2.45, 2.75) is 6.54 Å². The number of pyridine rings is 2. The van der Waals surface area contributed by atoms with Crippen molar-refractivity contribution in [1.29, 1.82) is 0 Å². The maximum atomic E-state index is 12.1. The summed E-state index contributed by atoms with van der Waals surface area (Å²) in [4.78, 5) is 19.9. The van der Waals surface area contributed by atoms with E-state index in [1.54, 1.807) is 36.8 Å². The summed E-state index contributed by atoms with van der Waals surface area (Å²) in [6.45, 7) is 0.652. The third-order valence-corrected chi connectivity index (χ3v) is 3.58. The van der Waals surface area contributed by atoms with Crippen LogP contribution >= 0.6 is 11.6 Å². The SMILES string of the molecule is O=C(Nc1ccc(CNc2ccnc(Cl)c2)cc1)c1ccncc1. The lowest BCUT2D eigenvalue weighted by atomic mass is 10.2. The highest BCUT2D eigenvalue weighted by atomic mass is 35.5. The number of carbonyl (C=O) groups excluding carboxylic acids is 1. The van der Waals surface area contributed by atoms with E-state index in [-0.39, 0.29) is 5.91 Å². The molecular weight excluding hydrogens is 324 g/mol. The molecule has 2 heterocycles. The van der Waals surface area contributed by atoms with Gasteiger partial charge in [0.25, 0.3) is 5.91 Å². The van der Waals surface area contributed by atoms with Gasteiger partial charge in [-0.1, -0.05) is 23.7 Å². The Hall–Kier alpha value is -2.92. The molecule has 0 bridgehead atoms. The van der Waals surface area contributed by atoms with Crippen molar-refractivity contribution in [3.05, 3.63) is 83.4 Å². The molecule has 0 aliphatic rings. The second-order valence-corrected chi connectivity index (χ2v) is 5.49. The summed E-state index contributed by atoms with van der Waals surface area (Å²) in [7, 11) is 0. The Morgan fingerprint density at radius 3 is 2.42 bits per heavy atom. The highest BCUT2D eigenvalue weighted by Gasteiger charge is 2.05. The van der Waals surface area contributed by atoms with Crippen LogP contribution in [0.15, 0.2) is 67.1 Å². The Kier molecular flexibility index (Phi) is 5.03. The molecule has 0 unspecified atom stereocenters. The summed E-state index contributed by atoms with van der Waals surface area (Å²) < 4.78 is 0. The van der Waals surface area contributed by atoms with Crippen molar-refractivity contribution < 1.29 is 4.79 Å². The Morgan fingerprint density at radius 2 is 1.71 bits per heavy atom. The first-order valence-corrected chi connectivity index (χ1v) is 7.74. The first-order chi connectivity index (χ1) is 11.7. The summed E-state index contributed by atoms with van der Waals surface area (Å²) in [5, 5.41) is 6.58. The van der Waals surface area contributed by atoms with Crippen LogP contribution in [-0.2, 0) is 6.54 Å². The van der Waals surface area contributed by atoms with Crippen LogP contribution < -0.4 is 10.6 Å². The Balaban J connectivity index is 1.58. The van der Waals surface area contributed by atoms with Gasteiger partial charge in [0.05, 0.1) is 0 Å². The monoisotopic (exact) mass is 338 g/mol. The van der Waals surface area contributed by atoms with Crippen molar-refractivity contribution in [3.63, 3.8) is 0 Å². The minimum atomic E-state index is -0.158. The number of hydrogen-bond acceptors (Lipinski definition) is 4. The quantitative estimate of drug-likeness (QED) is 0.690. The van der Waals surface area contributed by atoms with Crippen LogP contribution in [0.2, 0.25) is 5.15 Å². The van der Waals surface area contributed by atoms with E-state index in [4.69, 9.17) is 11.6 Å². The minimum Gasteiger partial charge on any atom is -0.381 e. The normalized spacial score (nSPS) is 10.2. The number of carbonyl (C=O) groups is 1. The molecule has 0 fully saturated rings. The summed E-state index contributed by atoms with van der Waals surface area (Å²) in [5.74, 6) is -0.158. The molecule has 3 rings (SSSR count). The molecule has 0 atom stereocenters. The van der Waals surface area contributed by atoms with E-state index in [2.05, 4.69) is 20.6 Å².